The van der Waals surface area contributed by atoms with E-state index in [1.54, 1.807) is 39.0 Å². The van der Waals surface area contributed by atoms with Gasteiger partial charge in [0, 0.05) is 10.6 Å². The monoisotopic (exact) mass is 299 g/mol. The average molecular weight is 299 g/mol. The van der Waals surface area contributed by atoms with E-state index in [4.69, 9.17) is 4.74 Å². The molecule has 0 aliphatic rings. The van der Waals surface area contributed by atoms with Crippen LogP contribution in [-0.4, -0.2) is 40.3 Å². The largest absolute Gasteiger partial charge is 0.507 e. The average Bonchev–Trinajstić information content (AvgIpc) is 2.34. The van der Waals surface area contributed by atoms with Crippen molar-refractivity contribution in [2.45, 2.75) is 37.3 Å². The fourth-order valence-electron chi connectivity index (χ4n) is 1.38. The van der Waals surface area contributed by atoms with Crippen LogP contribution in [0.2, 0.25) is 0 Å². The van der Waals surface area contributed by atoms with Gasteiger partial charge >= 0.3 is 6.09 Å². The second-order valence-electron chi connectivity index (χ2n) is 5.30. The van der Waals surface area contributed by atoms with Gasteiger partial charge in [-0.3, -0.25) is 0 Å². The predicted molar refractivity (Wildman–Crippen MR) is 79.1 cm³/mol. The topological polar surface area (TPSA) is 78.8 Å². The number of hydrogen-bond acceptors (Lipinski definition) is 5. The van der Waals surface area contributed by atoms with E-state index in [9.17, 15) is 15.0 Å². The number of benzene rings is 1. The van der Waals surface area contributed by atoms with Gasteiger partial charge in [0.25, 0.3) is 0 Å². The smallest absolute Gasteiger partial charge is 0.407 e. The molecule has 0 saturated carbocycles. The Balaban J connectivity index is 2.48. The zero-order valence-corrected chi connectivity index (χ0v) is 12.7. The number of thioether (sulfide) groups is 1. The summed E-state index contributed by atoms with van der Waals surface area (Å²) in [4.78, 5) is 12.3. The highest BCUT2D eigenvalue weighted by atomic mass is 32.2. The summed E-state index contributed by atoms with van der Waals surface area (Å²) in [5.74, 6) is 0.624. The Kier molecular flexibility index (Phi) is 6.16. The van der Waals surface area contributed by atoms with Crippen molar-refractivity contribution in [3.63, 3.8) is 0 Å². The summed E-state index contributed by atoms with van der Waals surface area (Å²) in [5.41, 5.74) is -0.574. The molecule has 20 heavy (non-hydrogen) atoms. The van der Waals surface area contributed by atoms with Crippen LogP contribution in [0.15, 0.2) is 29.2 Å². The van der Waals surface area contributed by atoms with Gasteiger partial charge in [-0.05, 0) is 32.9 Å². The van der Waals surface area contributed by atoms with E-state index in [0.29, 0.717) is 10.6 Å². The molecule has 0 fully saturated rings. The Morgan fingerprint density at radius 1 is 1.40 bits per heavy atom. The number of nitrogens with one attached hydrogen (secondary N) is 1. The van der Waals surface area contributed by atoms with Gasteiger partial charge in [-0.25, -0.2) is 4.79 Å². The van der Waals surface area contributed by atoms with Crippen molar-refractivity contribution in [1.29, 1.82) is 0 Å². The second kappa shape index (κ2) is 7.40. The van der Waals surface area contributed by atoms with Crippen molar-refractivity contribution in [1.82, 2.24) is 5.32 Å². The molecule has 1 atom stereocenters. The number of rotatable bonds is 5. The van der Waals surface area contributed by atoms with Gasteiger partial charge in [0.2, 0.25) is 0 Å². The quantitative estimate of drug-likeness (QED) is 0.728. The molecule has 5 nitrogen and oxygen atoms in total. The van der Waals surface area contributed by atoms with Gasteiger partial charge in [-0.1, -0.05) is 12.1 Å². The molecule has 0 spiro atoms. The molecule has 3 N–H and O–H groups in total. The second-order valence-corrected chi connectivity index (χ2v) is 6.37. The van der Waals surface area contributed by atoms with E-state index in [2.05, 4.69) is 5.32 Å². The molecule has 1 aromatic rings. The SMILES string of the molecule is CC(C)(C)OC(=O)N[C@H](CO)CSc1ccccc1O. The van der Waals surface area contributed by atoms with E-state index in [0.717, 1.165) is 0 Å². The van der Waals surface area contributed by atoms with Crippen LogP contribution in [0.4, 0.5) is 4.79 Å². The fraction of sp³-hybridized carbons (Fsp3) is 0.500. The predicted octanol–water partition coefficient (Wildman–Crippen LogP) is 2.37. The minimum Gasteiger partial charge on any atom is -0.507 e. The highest BCUT2D eigenvalue weighted by molar-refractivity contribution is 7.99. The summed E-state index contributed by atoms with van der Waals surface area (Å²) in [6.45, 7) is 5.13. The van der Waals surface area contributed by atoms with E-state index in [1.165, 1.54) is 11.8 Å². The first-order valence-corrected chi connectivity index (χ1v) is 7.31. The van der Waals surface area contributed by atoms with E-state index in [-0.39, 0.29) is 12.4 Å². The van der Waals surface area contributed by atoms with Crippen LogP contribution in [0.3, 0.4) is 0 Å². The number of carbonyl (C=O) groups excluding carboxylic acids is 1. The molecule has 0 aliphatic heterocycles. The van der Waals surface area contributed by atoms with Gasteiger partial charge in [-0.15, -0.1) is 11.8 Å². The molecule has 0 aliphatic carbocycles. The maximum atomic E-state index is 11.6. The molecule has 0 saturated heterocycles. The number of alkyl carbamates (subject to hydrolysis) is 1. The van der Waals surface area contributed by atoms with Crippen molar-refractivity contribution in [3.05, 3.63) is 24.3 Å². The summed E-state index contributed by atoms with van der Waals surface area (Å²) in [6.07, 6.45) is -0.561. The first-order chi connectivity index (χ1) is 9.31. The number of aliphatic hydroxyl groups is 1. The first-order valence-electron chi connectivity index (χ1n) is 6.33. The number of para-hydroxylation sites is 1. The Morgan fingerprint density at radius 3 is 2.60 bits per heavy atom. The van der Waals surface area contributed by atoms with Crippen molar-refractivity contribution in [2.24, 2.45) is 0 Å². The van der Waals surface area contributed by atoms with Crippen LogP contribution in [0, 0.1) is 0 Å². The minimum atomic E-state index is -0.574. The molecule has 1 aromatic carbocycles. The number of phenols is 1. The van der Waals surface area contributed by atoms with Gasteiger partial charge < -0.3 is 20.3 Å². The molecule has 0 unspecified atom stereocenters. The van der Waals surface area contributed by atoms with Crippen molar-refractivity contribution >= 4 is 17.9 Å². The van der Waals surface area contributed by atoms with Crippen LogP contribution >= 0.6 is 11.8 Å². The van der Waals surface area contributed by atoms with Crippen molar-refractivity contribution in [2.75, 3.05) is 12.4 Å². The first kappa shape index (κ1) is 16.7. The molecule has 112 valence electrons. The standard InChI is InChI=1S/C14H21NO4S/c1-14(2,3)19-13(18)15-10(8-16)9-20-12-7-5-4-6-11(12)17/h4-7,10,16-17H,8-9H2,1-3H3,(H,15,18)/t10-/m1/s1. The molecule has 1 amide bonds. The molecule has 0 bridgehead atoms. The minimum absolute atomic E-state index is 0.187. The van der Waals surface area contributed by atoms with Crippen molar-refractivity contribution in [3.8, 4) is 5.75 Å². The number of aliphatic hydroxyl groups excluding tert-OH is 1. The van der Waals surface area contributed by atoms with Crippen LogP contribution in [0.5, 0.6) is 5.75 Å². The van der Waals surface area contributed by atoms with Gasteiger partial charge in [0.05, 0.1) is 12.6 Å². The molecule has 0 radical (unpaired) electrons. The normalized spacial score (nSPS) is 12.8. The molecule has 1 rings (SSSR count). The lowest BCUT2D eigenvalue weighted by atomic mass is 10.2. The van der Waals surface area contributed by atoms with Gasteiger partial charge in [0.1, 0.15) is 11.4 Å². The van der Waals surface area contributed by atoms with Gasteiger partial charge in [0.15, 0.2) is 0 Å². The lowest BCUT2D eigenvalue weighted by molar-refractivity contribution is 0.0491. The number of aromatic hydroxyl groups is 1. The van der Waals surface area contributed by atoms with Crippen molar-refractivity contribution < 1.29 is 19.7 Å². The molecular weight excluding hydrogens is 278 g/mol. The lowest BCUT2D eigenvalue weighted by Crippen LogP contribution is -2.42. The highest BCUT2D eigenvalue weighted by Gasteiger charge is 2.19. The zero-order chi connectivity index (χ0) is 15.2. The van der Waals surface area contributed by atoms with Crippen LogP contribution in [0.25, 0.3) is 0 Å². The maximum absolute atomic E-state index is 11.6. The summed E-state index contributed by atoms with van der Waals surface area (Å²) < 4.78 is 5.13. The zero-order valence-electron chi connectivity index (χ0n) is 11.9. The molecule has 6 heteroatoms. The third-order valence-electron chi connectivity index (χ3n) is 2.25. The number of carbonyl (C=O) groups is 1. The van der Waals surface area contributed by atoms with Crippen LogP contribution in [-0.2, 0) is 4.74 Å². The number of ether oxygens (including phenoxy) is 1. The number of hydrogen-bond donors (Lipinski definition) is 3. The van der Waals surface area contributed by atoms with Gasteiger partial charge in [-0.2, -0.15) is 0 Å². The Labute approximate surface area is 123 Å². The summed E-state index contributed by atoms with van der Waals surface area (Å²) in [6, 6.07) is 6.49. The van der Waals surface area contributed by atoms with E-state index < -0.39 is 17.7 Å². The summed E-state index contributed by atoms with van der Waals surface area (Å²) in [5, 5.41) is 21.5. The highest BCUT2D eigenvalue weighted by Crippen LogP contribution is 2.27. The van der Waals surface area contributed by atoms with Crippen LogP contribution < -0.4 is 5.32 Å². The maximum Gasteiger partial charge on any atom is 0.407 e. The molecular formula is C14H21NO4S. The third-order valence-corrected chi connectivity index (χ3v) is 3.47. The number of amides is 1. The van der Waals surface area contributed by atoms with Crippen LogP contribution in [0.1, 0.15) is 20.8 Å². The molecule has 0 heterocycles. The fourth-order valence-corrected chi connectivity index (χ4v) is 2.34. The Hall–Kier alpha value is -1.40. The summed E-state index contributed by atoms with van der Waals surface area (Å²) in [7, 11) is 0. The van der Waals surface area contributed by atoms with E-state index in [1.807, 2.05) is 6.07 Å². The van der Waals surface area contributed by atoms with E-state index >= 15 is 0 Å². The summed E-state index contributed by atoms with van der Waals surface area (Å²) >= 11 is 1.36. The number of phenolic OH excluding ortho intramolecular Hbond substituents is 1. The Morgan fingerprint density at radius 2 is 2.05 bits per heavy atom. The molecule has 0 aromatic heterocycles. The Bertz CT molecular complexity index is 445. The lowest BCUT2D eigenvalue weighted by Gasteiger charge is -2.22. The third kappa shape index (κ3) is 6.16.